The van der Waals surface area contributed by atoms with Crippen molar-refractivity contribution < 1.29 is 15.4 Å². The minimum Gasteiger partial charge on any atom is -0.311 e. The number of carbonyl (C=O) groups excluding carboxylic acids is 2. The fraction of sp³-hybridized carbons (Fsp3) is 0.318. The molecular weight excluding hydrogens is 387 g/mol. The zero-order valence-corrected chi connectivity index (χ0v) is 17.7. The molecule has 0 saturated carbocycles. The molecule has 160 valence electrons. The van der Waals surface area contributed by atoms with Crippen LogP contribution in [0.5, 0.6) is 0 Å². The number of alkyl halides is 1. The first-order chi connectivity index (χ1) is 14.2. The highest BCUT2D eigenvalue weighted by Gasteiger charge is 2.14. The van der Waals surface area contributed by atoms with Crippen LogP contribution < -0.4 is 10.9 Å². The van der Waals surface area contributed by atoms with Crippen molar-refractivity contribution in [3.05, 3.63) is 52.2 Å². The van der Waals surface area contributed by atoms with Gasteiger partial charge in [-0.25, -0.2) is 4.98 Å². The summed E-state index contributed by atoms with van der Waals surface area (Å²) in [5.74, 6) is 0.121. The van der Waals surface area contributed by atoms with E-state index in [4.69, 9.17) is 0 Å². The van der Waals surface area contributed by atoms with Crippen LogP contribution in [0, 0.1) is 6.92 Å². The fourth-order valence-corrected chi connectivity index (χ4v) is 2.98. The van der Waals surface area contributed by atoms with Crippen LogP contribution in [0.4, 0.5) is 10.2 Å². The molecule has 8 heteroatoms. The molecule has 0 radical (unpaired) electrons. The number of carbonyl (C=O) groups is 2. The monoisotopic (exact) mass is 414 g/mol. The molecule has 0 aliphatic carbocycles. The first-order valence-electron chi connectivity index (χ1n) is 9.56. The predicted molar refractivity (Wildman–Crippen MR) is 118 cm³/mol. The van der Waals surface area contributed by atoms with Gasteiger partial charge in [-0.2, -0.15) is 0 Å². The maximum atomic E-state index is 12.9. The molecule has 7 nitrogen and oxygen atoms in total. The predicted octanol–water partition coefficient (Wildman–Crippen LogP) is 4.08. The maximum absolute atomic E-state index is 12.9. The Morgan fingerprint density at radius 1 is 1.13 bits per heavy atom. The molecule has 30 heavy (non-hydrogen) atoms. The van der Waals surface area contributed by atoms with Gasteiger partial charge in [-0.05, 0) is 31.5 Å². The van der Waals surface area contributed by atoms with Gasteiger partial charge in [0.2, 0.25) is 5.91 Å². The first kappa shape index (κ1) is 22.9. The number of pyridine rings is 3. The van der Waals surface area contributed by atoms with Crippen LogP contribution in [-0.2, 0) is 11.8 Å². The van der Waals surface area contributed by atoms with Crippen molar-refractivity contribution in [3.8, 4) is 11.1 Å². The molecule has 0 unspecified atom stereocenters. The van der Waals surface area contributed by atoms with E-state index in [1.807, 2.05) is 6.92 Å². The smallest absolute Gasteiger partial charge is 0.258 e. The molecule has 0 aliphatic heterocycles. The second-order valence-corrected chi connectivity index (χ2v) is 6.66. The molecule has 0 atom stereocenters. The molecule has 0 saturated heterocycles. The Morgan fingerprint density at radius 2 is 1.80 bits per heavy atom. The quantitative estimate of drug-likeness (QED) is 0.649. The molecular formula is C22H27FN4O3. The van der Waals surface area contributed by atoms with Gasteiger partial charge in [0.05, 0.1) is 12.2 Å². The number of rotatable bonds is 4. The van der Waals surface area contributed by atoms with Gasteiger partial charge in [0.1, 0.15) is 11.5 Å². The third-order valence-corrected chi connectivity index (χ3v) is 4.42. The number of hydrogen-bond acceptors (Lipinski definition) is 5. The second-order valence-electron chi connectivity index (χ2n) is 6.66. The van der Waals surface area contributed by atoms with Crippen LogP contribution in [0.25, 0.3) is 22.0 Å². The van der Waals surface area contributed by atoms with Gasteiger partial charge >= 0.3 is 0 Å². The van der Waals surface area contributed by atoms with Gasteiger partial charge in [-0.3, -0.25) is 23.8 Å². The van der Waals surface area contributed by atoms with Crippen molar-refractivity contribution in [1.29, 1.82) is 0 Å². The minimum atomic E-state index is -0.250. The highest BCUT2D eigenvalue weighted by Crippen LogP contribution is 2.24. The van der Waals surface area contributed by atoms with E-state index in [9.17, 15) is 18.8 Å². The number of hydrogen-bond donors (Lipinski definition) is 1. The minimum absolute atomic E-state index is 0. The van der Waals surface area contributed by atoms with Gasteiger partial charge in [0, 0.05) is 56.8 Å². The number of nitrogens with one attached hydrogen (secondary N) is 1. The Hall–Kier alpha value is -3.42. The number of anilines is 1. The van der Waals surface area contributed by atoms with Crippen molar-refractivity contribution in [2.75, 3.05) is 12.0 Å². The maximum Gasteiger partial charge on any atom is 0.258 e. The van der Waals surface area contributed by atoms with E-state index in [0.29, 0.717) is 34.6 Å². The van der Waals surface area contributed by atoms with E-state index >= 15 is 0 Å². The average molecular weight is 414 g/mol. The van der Waals surface area contributed by atoms with Crippen molar-refractivity contribution in [1.82, 2.24) is 14.5 Å². The van der Waals surface area contributed by atoms with Crippen molar-refractivity contribution in [2.45, 2.75) is 34.1 Å². The SMILES string of the molecule is CCC(=O)c1cc(C)c(-c2cc3cnc(NC(C)=O)cc3n(C)c2=O)cn1.CCF.[HH]. The second kappa shape index (κ2) is 9.87. The lowest BCUT2D eigenvalue weighted by atomic mass is 10.0. The van der Waals surface area contributed by atoms with Gasteiger partial charge in [-0.1, -0.05) is 6.92 Å². The molecule has 1 N–H and O–H groups in total. The van der Waals surface area contributed by atoms with Crippen LogP contribution in [0.2, 0.25) is 0 Å². The zero-order valence-electron chi connectivity index (χ0n) is 17.7. The van der Waals surface area contributed by atoms with Crippen LogP contribution in [0.3, 0.4) is 0 Å². The van der Waals surface area contributed by atoms with Gasteiger partial charge in [0.25, 0.3) is 5.56 Å². The van der Waals surface area contributed by atoms with Crippen molar-refractivity contribution >= 4 is 28.4 Å². The van der Waals surface area contributed by atoms with Crippen molar-refractivity contribution in [2.24, 2.45) is 7.05 Å². The van der Waals surface area contributed by atoms with E-state index in [2.05, 4.69) is 15.3 Å². The van der Waals surface area contributed by atoms with Crippen LogP contribution in [-0.4, -0.2) is 32.9 Å². The molecule has 1 amide bonds. The Bertz CT molecular complexity index is 1160. The molecule has 3 aromatic rings. The van der Waals surface area contributed by atoms with Crippen LogP contribution in [0.15, 0.2) is 35.4 Å². The Morgan fingerprint density at radius 3 is 2.37 bits per heavy atom. The standard InChI is InChI=1S/C20H20N4O3.C2H5F.H2/c1-5-18(26)16-6-11(2)15(10-21-16)14-7-13-9-22-19(23-12(3)25)8-17(13)24(4)20(14)27;1-2-3;/h6-10H,5H2,1-4H3,(H,22,23,25);2H2,1H3;1H. The molecule has 0 fully saturated rings. The summed E-state index contributed by atoms with van der Waals surface area (Å²) in [4.78, 5) is 44.4. The Labute approximate surface area is 175 Å². The Balaban J connectivity index is 0.00000113. The lowest BCUT2D eigenvalue weighted by Crippen LogP contribution is -2.20. The van der Waals surface area contributed by atoms with Gasteiger partial charge < -0.3 is 9.88 Å². The number of Topliss-reactive ketones (excluding diaryl/α,β-unsaturated/α-hetero) is 1. The number of fused-ring (bicyclic) bond motifs is 1. The average Bonchev–Trinajstić information content (AvgIpc) is 2.71. The highest BCUT2D eigenvalue weighted by molar-refractivity contribution is 5.95. The summed E-state index contributed by atoms with van der Waals surface area (Å²) in [6.45, 7) is 6.25. The number of amides is 1. The number of aryl methyl sites for hydroxylation is 2. The normalized spacial score (nSPS) is 10.3. The van der Waals surface area contributed by atoms with E-state index in [1.54, 1.807) is 44.6 Å². The molecule has 0 spiro atoms. The van der Waals surface area contributed by atoms with Gasteiger partial charge in [0.15, 0.2) is 5.78 Å². The molecule has 0 bridgehead atoms. The number of aromatic nitrogens is 3. The highest BCUT2D eigenvalue weighted by atomic mass is 19.1. The summed E-state index contributed by atoms with van der Waals surface area (Å²) >= 11 is 0. The first-order valence-corrected chi connectivity index (χ1v) is 9.56. The Kier molecular flexibility index (Phi) is 7.52. The summed E-state index contributed by atoms with van der Waals surface area (Å²) in [7, 11) is 1.67. The largest absolute Gasteiger partial charge is 0.311 e. The molecule has 0 aliphatic rings. The number of ketones is 1. The van der Waals surface area contributed by atoms with E-state index in [-0.39, 0.29) is 25.4 Å². The summed E-state index contributed by atoms with van der Waals surface area (Å²) in [5, 5.41) is 3.37. The zero-order chi connectivity index (χ0) is 22.4. The van der Waals surface area contributed by atoms with E-state index in [1.165, 1.54) is 18.4 Å². The van der Waals surface area contributed by atoms with E-state index in [0.717, 1.165) is 10.9 Å². The topological polar surface area (TPSA) is 94.0 Å². The van der Waals surface area contributed by atoms with E-state index < -0.39 is 0 Å². The third-order valence-electron chi connectivity index (χ3n) is 4.42. The summed E-state index contributed by atoms with van der Waals surface area (Å²) in [6, 6.07) is 5.13. The third kappa shape index (κ3) is 4.94. The molecule has 0 aromatic carbocycles. The lowest BCUT2D eigenvalue weighted by Gasteiger charge is -2.12. The summed E-state index contributed by atoms with van der Waals surface area (Å²) in [6.07, 6.45) is 3.56. The van der Waals surface area contributed by atoms with Crippen LogP contribution in [0.1, 0.15) is 44.7 Å². The fourth-order valence-electron chi connectivity index (χ4n) is 2.98. The van der Waals surface area contributed by atoms with Crippen molar-refractivity contribution in [3.63, 3.8) is 0 Å². The molecule has 3 heterocycles. The summed E-state index contributed by atoms with van der Waals surface area (Å²) < 4.78 is 11.8. The van der Waals surface area contributed by atoms with Crippen LogP contribution >= 0.6 is 0 Å². The molecule has 3 aromatic heterocycles. The molecule has 3 rings (SSSR count). The number of nitrogens with zero attached hydrogens (tertiary/aromatic N) is 3. The lowest BCUT2D eigenvalue weighted by molar-refractivity contribution is -0.114. The van der Waals surface area contributed by atoms with Gasteiger partial charge in [-0.15, -0.1) is 0 Å². The summed E-state index contributed by atoms with van der Waals surface area (Å²) in [5.41, 5.74) is 2.84. The number of halogens is 1.